The first-order valence-electron chi connectivity index (χ1n) is 16.1. The van der Waals surface area contributed by atoms with Crippen LogP contribution in [0.15, 0.2) is 96.1 Å². The minimum Gasteiger partial charge on any atom is -0.497 e. The first-order chi connectivity index (χ1) is 24.4. The summed E-state index contributed by atoms with van der Waals surface area (Å²) in [6.45, 7) is 3.22. The lowest BCUT2D eigenvalue weighted by molar-refractivity contribution is 0.0707. The molecule has 1 unspecified atom stereocenters. The van der Waals surface area contributed by atoms with E-state index in [-0.39, 0.29) is 17.9 Å². The van der Waals surface area contributed by atoms with E-state index in [2.05, 4.69) is 42.4 Å². The number of hydrogen-bond acceptors (Lipinski definition) is 11. The van der Waals surface area contributed by atoms with Crippen LogP contribution in [-0.4, -0.2) is 61.8 Å². The molecule has 1 aliphatic heterocycles. The maximum Gasteiger partial charge on any atom is 0.273 e. The Morgan fingerprint density at radius 3 is 2.18 bits per heavy atom. The number of rotatable bonds is 10. The number of amides is 2. The van der Waals surface area contributed by atoms with Crippen LogP contribution >= 0.6 is 22.7 Å². The van der Waals surface area contributed by atoms with Gasteiger partial charge in [0.25, 0.3) is 11.8 Å². The van der Waals surface area contributed by atoms with E-state index in [4.69, 9.17) is 9.47 Å². The third kappa shape index (κ3) is 7.53. The molecule has 13 heteroatoms. The van der Waals surface area contributed by atoms with Crippen LogP contribution in [0.3, 0.4) is 0 Å². The van der Waals surface area contributed by atoms with Gasteiger partial charge in [0.15, 0.2) is 10.8 Å². The molecular formula is C37H33N7O4S2. The number of nitrogens with zero attached hydrogens (tertiary/aromatic N) is 6. The van der Waals surface area contributed by atoms with Gasteiger partial charge in [-0.05, 0) is 85.8 Å². The van der Waals surface area contributed by atoms with Crippen LogP contribution in [0.5, 0.6) is 17.2 Å². The van der Waals surface area contributed by atoms with Gasteiger partial charge in [0.05, 0.1) is 25.0 Å². The molecule has 0 radical (unpaired) electrons. The van der Waals surface area contributed by atoms with Gasteiger partial charge in [-0.15, -0.1) is 22.7 Å². The van der Waals surface area contributed by atoms with Crippen molar-refractivity contribution in [1.82, 2.24) is 35.1 Å². The lowest BCUT2D eigenvalue weighted by atomic mass is 9.89. The number of hydrogen-bond donors (Lipinski definition) is 1. The fraction of sp³-hybridized carbons (Fsp3) is 0.216. The quantitative estimate of drug-likeness (QED) is 0.155. The van der Waals surface area contributed by atoms with E-state index in [1.807, 2.05) is 60.4 Å². The number of nitrogens with one attached hydrogen (secondary N) is 1. The standard InChI is InChI=1S/C37H33N7O4S2/c1-23(41-34(45)31-21-49-35(42-31)26-6-8-27(47-2)9-7-26)30-13-12-29(20-40-30)48-28-10-4-24(5-11-28)25-14-18-44(19-15-25)37(46)32-22-50-36(43-32)33-38-16-3-17-39-33/h3-13,16-17,20-23,25H,14-15,18-19H2,1-2H3,(H,41,45). The highest BCUT2D eigenvalue weighted by molar-refractivity contribution is 7.13. The van der Waals surface area contributed by atoms with Gasteiger partial charge >= 0.3 is 0 Å². The summed E-state index contributed by atoms with van der Waals surface area (Å²) in [5.41, 5.74) is 3.65. The molecule has 1 fully saturated rings. The van der Waals surface area contributed by atoms with Crippen LogP contribution in [0.1, 0.15) is 64.0 Å². The van der Waals surface area contributed by atoms with E-state index in [1.165, 1.54) is 28.2 Å². The van der Waals surface area contributed by atoms with Crippen molar-refractivity contribution in [2.75, 3.05) is 20.2 Å². The summed E-state index contributed by atoms with van der Waals surface area (Å²) in [6, 6.07) is 20.8. The molecule has 1 aliphatic rings. The highest BCUT2D eigenvalue weighted by Gasteiger charge is 2.26. The highest BCUT2D eigenvalue weighted by atomic mass is 32.1. The summed E-state index contributed by atoms with van der Waals surface area (Å²) >= 11 is 2.79. The van der Waals surface area contributed by atoms with Gasteiger partial charge < -0.3 is 19.7 Å². The number of aromatic nitrogens is 5. The van der Waals surface area contributed by atoms with Crippen molar-refractivity contribution in [2.24, 2.45) is 0 Å². The fourth-order valence-corrected chi connectivity index (χ4v) is 7.25. The van der Waals surface area contributed by atoms with Crippen LogP contribution in [0.2, 0.25) is 0 Å². The van der Waals surface area contributed by atoms with Gasteiger partial charge in [0.1, 0.15) is 33.6 Å². The molecule has 1 saturated heterocycles. The average Bonchev–Trinajstić information content (AvgIpc) is 3.87. The van der Waals surface area contributed by atoms with Crippen LogP contribution < -0.4 is 14.8 Å². The summed E-state index contributed by atoms with van der Waals surface area (Å²) in [4.78, 5) is 49.9. The SMILES string of the molecule is COc1ccc(-c2nc(C(=O)NC(C)c3ccc(Oc4ccc(C5CCN(C(=O)c6csc(-c7ncccn7)n6)CC5)cc4)cn3)cs2)cc1. The van der Waals surface area contributed by atoms with Crippen LogP contribution in [0.25, 0.3) is 21.4 Å². The Labute approximate surface area is 297 Å². The Hall–Kier alpha value is -5.53. The zero-order valence-electron chi connectivity index (χ0n) is 27.4. The normalized spacial score (nSPS) is 13.8. The fourth-order valence-electron chi connectivity index (χ4n) is 5.70. The summed E-state index contributed by atoms with van der Waals surface area (Å²) in [5, 5.41) is 7.92. The largest absolute Gasteiger partial charge is 0.497 e. The second-order valence-corrected chi connectivity index (χ2v) is 13.4. The molecule has 0 bridgehead atoms. The number of benzene rings is 2. The number of thiazole rings is 2. The molecule has 6 aromatic rings. The topological polar surface area (TPSA) is 132 Å². The van der Waals surface area contributed by atoms with Gasteiger partial charge in [-0.25, -0.2) is 19.9 Å². The van der Waals surface area contributed by atoms with E-state index in [9.17, 15) is 9.59 Å². The molecule has 11 nitrogen and oxygen atoms in total. The summed E-state index contributed by atoms with van der Waals surface area (Å²) in [6.07, 6.45) is 6.73. The van der Waals surface area contributed by atoms with Crippen molar-refractivity contribution < 1.29 is 19.1 Å². The van der Waals surface area contributed by atoms with Crippen LogP contribution in [0, 0.1) is 0 Å². The average molecular weight is 704 g/mol. The number of carbonyl (C=O) groups is 2. The van der Waals surface area contributed by atoms with Crippen molar-refractivity contribution in [3.8, 4) is 38.7 Å². The van der Waals surface area contributed by atoms with Crippen molar-refractivity contribution >= 4 is 34.5 Å². The minimum absolute atomic E-state index is 0.0548. The molecule has 1 atom stereocenters. The zero-order valence-corrected chi connectivity index (χ0v) is 29.0. The van der Waals surface area contributed by atoms with Crippen LogP contribution in [-0.2, 0) is 0 Å². The van der Waals surface area contributed by atoms with E-state index in [0.717, 1.165) is 29.2 Å². The maximum absolute atomic E-state index is 13.1. The minimum atomic E-state index is -0.327. The Kier molecular flexibility index (Phi) is 9.85. The molecule has 1 N–H and O–H groups in total. The van der Waals surface area contributed by atoms with E-state index < -0.39 is 0 Å². The highest BCUT2D eigenvalue weighted by Crippen LogP contribution is 2.32. The van der Waals surface area contributed by atoms with Crippen molar-refractivity contribution in [3.63, 3.8) is 0 Å². The first kappa shape index (κ1) is 33.0. The molecule has 0 aliphatic carbocycles. The third-order valence-electron chi connectivity index (χ3n) is 8.47. The van der Waals surface area contributed by atoms with E-state index in [1.54, 1.807) is 42.5 Å². The Bertz CT molecular complexity index is 2060. The molecule has 0 spiro atoms. The summed E-state index contributed by atoms with van der Waals surface area (Å²) in [7, 11) is 1.62. The number of pyridine rings is 1. The molecule has 0 saturated carbocycles. The van der Waals surface area contributed by atoms with Gasteiger partial charge in [-0.3, -0.25) is 14.6 Å². The number of ether oxygens (including phenoxy) is 2. The van der Waals surface area contributed by atoms with Crippen molar-refractivity contribution in [3.05, 3.63) is 119 Å². The molecule has 7 rings (SSSR count). The molecule has 50 heavy (non-hydrogen) atoms. The Balaban J connectivity index is 0.886. The molecule has 4 aromatic heterocycles. The smallest absolute Gasteiger partial charge is 0.273 e. The number of piperidine rings is 1. The Morgan fingerprint density at radius 1 is 0.820 bits per heavy atom. The summed E-state index contributed by atoms with van der Waals surface area (Å²) < 4.78 is 11.3. The molecular weight excluding hydrogens is 671 g/mol. The molecule has 2 aromatic carbocycles. The monoisotopic (exact) mass is 703 g/mol. The van der Waals surface area contributed by atoms with Gasteiger partial charge in [0, 0.05) is 41.8 Å². The van der Waals surface area contributed by atoms with E-state index in [0.29, 0.717) is 58.4 Å². The predicted octanol–water partition coefficient (Wildman–Crippen LogP) is 7.43. The van der Waals surface area contributed by atoms with E-state index >= 15 is 0 Å². The third-order valence-corrected chi connectivity index (χ3v) is 10.2. The summed E-state index contributed by atoms with van der Waals surface area (Å²) in [5.74, 6) is 2.63. The van der Waals surface area contributed by atoms with Crippen LogP contribution in [0.4, 0.5) is 0 Å². The number of methoxy groups -OCH3 is 1. The number of likely N-dealkylation sites (tertiary alicyclic amines) is 1. The van der Waals surface area contributed by atoms with Gasteiger partial charge in [-0.1, -0.05) is 12.1 Å². The van der Waals surface area contributed by atoms with Crippen molar-refractivity contribution in [1.29, 1.82) is 0 Å². The van der Waals surface area contributed by atoms with Gasteiger partial charge in [0.2, 0.25) is 0 Å². The second kappa shape index (κ2) is 14.9. The molecule has 5 heterocycles. The number of carbonyl (C=O) groups excluding carboxylic acids is 2. The predicted molar refractivity (Wildman–Crippen MR) is 192 cm³/mol. The zero-order chi connectivity index (χ0) is 34.5. The lowest BCUT2D eigenvalue weighted by Gasteiger charge is -2.32. The Morgan fingerprint density at radius 2 is 1.48 bits per heavy atom. The lowest BCUT2D eigenvalue weighted by Crippen LogP contribution is -2.38. The van der Waals surface area contributed by atoms with Crippen molar-refractivity contribution in [2.45, 2.75) is 31.7 Å². The molecule has 252 valence electrons. The second-order valence-electron chi connectivity index (χ2n) is 11.7. The first-order valence-corrected chi connectivity index (χ1v) is 17.9. The molecule has 2 amide bonds. The van der Waals surface area contributed by atoms with Gasteiger partial charge in [-0.2, -0.15) is 0 Å². The maximum atomic E-state index is 13.1.